The van der Waals surface area contributed by atoms with Crippen LogP contribution < -0.4 is 5.32 Å². The van der Waals surface area contributed by atoms with Crippen molar-refractivity contribution in [2.75, 3.05) is 11.6 Å². The summed E-state index contributed by atoms with van der Waals surface area (Å²) in [6, 6.07) is 11.2. The van der Waals surface area contributed by atoms with Gasteiger partial charge in [-0.3, -0.25) is 9.78 Å². The number of hydrogen-bond donors (Lipinski definition) is 1. The lowest BCUT2D eigenvalue weighted by atomic mass is 10.1. The lowest BCUT2D eigenvalue weighted by Crippen LogP contribution is -2.11. The number of pyridine rings is 1. The highest BCUT2D eigenvalue weighted by Crippen LogP contribution is 2.12. The highest BCUT2D eigenvalue weighted by atomic mass is 32.2. The summed E-state index contributed by atoms with van der Waals surface area (Å²) in [6.07, 6.45) is 5.36. The Bertz CT molecular complexity index is 511. The maximum Gasteiger partial charge on any atom is 0.255 e. The van der Waals surface area contributed by atoms with E-state index in [-0.39, 0.29) is 5.91 Å². The largest absolute Gasteiger partial charge is 0.322 e. The fourth-order valence-electron chi connectivity index (χ4n) is 1.56. The van der Waals surface area contributed by atoms with Crippen molar-refractivity contribution in [2.45, 2.75) is 5.75 Å². The zero-order valence-electron chi connectivity index (χ0n) is 10.1. The quantitative estimate of drug-likeness (QED) is 0.915. The Hall–Kier alpha value is -1.81. The zero-order chi connectivity index (χ0) is 12.8. The first-order chi connectivity index (χ1) is 8.79. The second kappa shape index (κ2) is 6.21. The fraction of sp³-hybridized carbons (Fsp3) is 0.143. The molecular formula is C14H14N2OS. The molecule has 4 heteroatoms. The minimum Gasteiger partial charge on any atom is -0.322 e. The van der Waals surface area contributed by atoms with Crippen LogP contribution in [0.2, 0.25) is 0 Å². The van der Waals surface area contributed by atoms with Crippen LogP contribution in [0.25, 0.3) is 0 Å². The Balaban J connectivity index is 2.05. The maximum absolute atomic E-state index is 11.9. The van der Waals surface area contributed by atoms with E-state index in [0.29, 0.717) is 5.56 Å². The molecule has 1 amide bonds. The van der Waals surface area contributed by atoms with Gasteiger partial charge in [0, 0.05) is 29.4 Å². The Morgan fingerprint density at radius 2 is 1.83 bits per heavy atom. The number of carbonyl (C=O) groups excluding carboxylic acids is 1. The molecule has 1 N–H and O–H groups in total. The number of benzene rings is 1. The molecule has 1 aromatic carbocycles. The molecular weight excluding hydrogens is 244 g/mol. The summed E-state index contributed by atoms with van der Waals surface area (Å²) in [6.45, 7) is 0. The number of carbonyl (C=O) groups is 1. The molecule has 1 aromatic heterocycles. The van der Waals surface area contributed by atoms with E-state index >= 15 is 0 Å². The molecule has 18 heavy (non-hydrogen) atoms. The molecule has 2 rings (SSSR count). The summed E-state index contributed by atoms with van der Waals surface area (Å²) in [4.78, 5) is 15.9. The van der Waals surface area contributed by atoms with Crippen LogP contribution >= 0.6 is 11.8 Å². The van der Waals surface area contributed by atoms with Crippen molar-refractivity contribution >= 4 is 23.4 Å². The first kappa shape index (κ1) is 12.6. The van der Waals surface area contributed by atoms with E-state index in [0.717, 1.165) is 11.4 Å². The van der Waals surface area contributed by atoms with Crippen LogP contribution in [0, 0.1) is 0 Å². The molecule has 0 saturated heterocycles. The van der Waals surface area contributed by atoms with Gasteiger partial charge in [0.05, 0.1) is 0 Å². The summed E-state index contributed by atoms with van der Waals surface area (Å²) in [5.41, 5.74) is 2.64. The molecule has 2 aromatic rings. The van der Waals surface area contributed by atoms with Crippen molar-refractivity contribution in [2.24, 2.45) is 0 Å². The van der Waals surface area contributed by atoms with Crippen LogP contribution in [0.3, 0.4) is 0 Å². The average Bonchev–Trinajstić information content (AvgIpc) is 2.41. The average molecular weight is 258 g/mol. The van der Waals surface area contributed by atoms with E-state index in [2.05, 4.69) is 16.6 Å². The molecule has 1 heterocycles. The van der Waals surface area contributed by atoms with Crippen LogP contribution in [0.15, 0.2) is 48.8 Å². The maximum atomic E-state index is 11.9. The molecule has 0 radical (unpaired) electrons. The first-order valence-electron chi connectivity index (χ1n) is 5.59. The summed E-state index contributed by atoms with van der Waals surface area (Å²) < 4.78 is 0. The Labute approximate surface area is 111 Å². The van der Waals surface area contributed by atoms with Crippen molar-refractivity contribution in [1.82, 2.24) is 4.98 Å². The van der Waals surface area contributed by atoms with E-state index in [1.165, 1.54) is 5.56 Å². The summed E-state index contributed by atoms with van der Waals surface area (Å²) >= 11 is 1.76. The Morgan fingerprint density at radius 1 is 1.17 bits per heavy atom. The topological polar surface area (TPSA) is 42.0 Å². The summed E-state index contributed by atoms with van der Waals surface area (Å²) in [5, 5.41) is 2.83. The predicted octanol–water partition coefficient (Wildman–Crippen LogP) is 3.20. The Kier molecular flexibility index (Phi) is 4.36. The van der Waals surface area contributed by atoms with Crippen LogP contribution in [-0.4, -0.2) is 17.1 Å². The number of thioether (sulfide) groups is 1. The standard InChI is InChI=1S/C14H14N2OS/c1-18-10-11-2-4-12(5-3-11)14(17)16-13-6-8-15-9-7-13/h2-9H,10H2,1H3,(H,15,16,17). The fourth-order valence-corrected chi connectivity index (χ4v) is 2.08. The van der Waals surface area contributed by atoms with E-state index in [9.17, 15) is 4.79 Å². The van der Waals surface area contributed by atoms with Gasteiger partial charge in [-0.25, -0.2) is 0 Å². The van der Waals surface area contributed by atoms with Crippen LogP contribution in [0.4, 0.5) is 5.69 Å². The van der Waals surface area contributed by atoms with E-state index in [1.807, 2.05) is 24.3 Å². The monoisotopic (exact) mass is 258 g/mol. The minimum atomic E-state index is -0.100. The van der Waals surface area contributed by atoms with E-state index in [1.54, 1.807) is 36.3 Å². The van der Waals surface area contributed by atoms with Gasteiger partial charge in [0.15, 0.2) is 0 Å². The van der Waals surface area contributed by atoms with Crippen molar-refractivity contribution in [3.05, 3.63) is 59.9 Å². The van der Waals surface area contributed by atoms with Gasteiger partial charge in [-0.2, -0.15) is 11.8 Å². The van der Waals surface area contributed by atoms with Gasteiger partial charge in [-0.15, -0.1) is 0 Å². The smallest absolute Gasteiger partial charge is 0.255 e. The number of anilines is 1. The second-order valence-electron chi connectivity index (χ2n) is 3.82. The molecule has 0 aliphatic heterocycles. The van der Waals surface area contributed by atoms with Crippen molar-refractivity contribution < 1.29 is 4.79 Å². The van der Waals surface area contributed by atoms with Gasteiger partial charge in [0.2, 0.25) is 0 Å². The molecule has 0 atom stereocenters. The number of nitrogens with one attached hydrogen (secondary N) is 1. The van der Waals surface area contributed by atoms with Crippen molar-refractivity contribution in [3.8, 4) is 0 Å². The highest BCUT2D eigenvalue weighted by molar-refractivity contribution is 7.97. The van der Waals surface area contributed by atoms with Crippen LogP contribution in [0.1, 0.15) is 15.9 Å². The zero-order valence-corrected chi connectivity index (χ0v) is 10.9. The summed E-state index contributed by atoms with van der Waals surface area (Å²) in [7, 11) is 0. The lowest BCUT2D eigenvalue weighted by molar-refractivity contribution is 0.102. The van der Waals surface area contributed by atoms with E-state index < -0.39 is 0 Å². The van der Waals surface area contributed by atoms with Gasteiger partial charge in [0.25, 0.3) is 5.91 Å². The highest BCUT2D eigenvalue weighted by Gasteiger charge is 2.05. The molecule has 3 nitrogen and oxygen atoms in total. The normalized spacial score (nSPS) is 10.1. The molecule has 0 fully saturated rings. The molecule has 0 aliphatic rings. The van der Waals surface area contributed by atoms with Crippen LogP contribution in [-0.2, 0) is 5.75 Å². The first-order valence-corrected chi connectivity index (χ1v) is 6.98. The number of aromatic nitrogens is 1. The third-order valence-corrected chi connectivity index (χ3v) is 3.09. The number of nitrogens with zero attached hydrogens (tertiary/aromatic N) is 1. The number of hydrogen-bond acceptors (Lipinski definition) is 3. The SMILES string of the molecule is CSCc1ccc(C(=O)Nc2ccncc2)cc1. The third-order valence-electron chi connectivity index (χ3n) is 2.47. The van der Waals surface area contributed by atoms with Gasteiger partial charge in [-0.05, 0) is 36.1 Å². The van der Waals surface area contributed by atoms with Gasteiger partial charge < -0.3 is 5.32 Å². The Morgan fingerprint density at radius 3 is 2.44 bits per heavy atom. The molecule has 0 unspecified atom stereocenters. The molecule has 92 valence electrons. The van der Waals surface area contributed by atoms with E-state index in [4.69, 9.17) is 0 Å². The molecule has 0 bridgehead atoms. The third kappa shape index (κ3) is 3.34. The molecule has 0 spiro atoms. The predicted molar refractivity (Wildman–Crippen MR) is 75.9 cm³/mol. The van der Waals surface area contributed by atoms with Crippen molar-refractivity contribution in [1.29, 1.82) is 0 Å². The van der Waals surface area contributed by atoms with Gasteiger partial charge in [-0.1, -0.05) is 12.1 Å². The number of rotatable bonds is 4. The number of amides is 1. The molecule has 0 aliphatic carbocycles. The van der Waals surface area contributed by atoms with Gasteiger partial charge in [0.1, 0.15) is 0 Å². The van der Waals surface area contributed by atoms with Crippen molar-refractivity contribution in [3.63, 3.8) is 0 Å². The lowest BCUT2D eigenvalue weighted by Gasteiger charge is -2.05. The minimum absolute atomic E-state index is 0.100. The van der Waals surface area contributed by atoms with Gasteiger partial charge >= 0.3 is 0 Å². The van der Waals surface area contributed by atoms with Crippen LogP contribution in [0.5, 0.6) is 0 Å². The second-order valence-corrected chi connectivity index (χ2v) is 4.69. The molecule has 0 saturated carbocycles. The summed E-state index contributed by atoms with van der Waals surface area (Å²) in [5.74, 6) is 0.864.